The van der Waals surface area contributed by atoms with Gasteiger partial charge in [-0.2, -0.15) is 0 Å². The van der Waals surface area contributed by atoms with E-state index >= 15 is 0 Å². The van der Waals surface area contributed by atoms with Crippen molar-refractivity contribution in [2.24, 2.45) is 0 Å². The third kappa shape index (κ3) is 6.06. The average molecular weight is 220 g/mol. The van der Waals surface area contributed by atoms with Gasteiger partial charge in [0.1, 0.15) is 13.2 Å². The summed E-state index contributed by atoms with van der Waals surface area (Å²) in [5, 5.41) is 0. The molecule has 0 aliphatic rings. The molecule has 0 aromatic heterocycles. The second-order valence-electron chi connectivity index (χ2n) is 3.43. The van der Waals surface area contributed by atoms with Crippen molar-refractivity contribution in [1.29, 1.82) is 0 Å². The molecule has 0 aromatic rings. The fraction of sp³-hybridized carbons (Fsp3) is 1.00. The third-order valence-corrected chi connectivity index (χ3v) is 2.02. The summed E-state index contributed by atoms with van der Waals surface area (Å²) in [5.41, 5.74) is 0. The number of quaternary nitrogens is 1. The summed E-state index contributed by atoms with van der Waals surface area (Å²) in [6, 6.07) is 0. The van der Waals surface area contributed by atoms with Crippen LogP contribution in [0.4, 0.5) is 9.05 Å². The van der Waals surface area contributed by atoms with Crippen molar-refractivity contribution in [1.82, 2.24) is 0 Å². The number of nitrogens with zero attached hydrogens (tertiary/aromatic N) is 1. The van der Waals surface area contributed by atoms with E-state index in [0.717, 1.165) is 0 Å². The van der Waals surface area contributed by atoms with Gasteiger partial charge in [0.05, 0.1) is 21.1 Å². The van der Waals surface area contributed by atoms with Crippen LogP contribution >= 0.6 is 7.82 Å². The maximum atomic E-state index is 11.4. The normalized spacial score (nSPS) is 13.3. The van der Waals surface area contributed by atoms with Crippen LogP contribution in [0.3, 0.4) is 0 Å². The summed E-state index contributed by atoms with van der Waals surface area (Å²) < 4.78 is 43.6. The van der Waals surface area contributed by atoms with Crippen LogP contribution in [0.5, 0.6) is 0 Å². The number of likely N-dealkylation sites (N-methyl/N-ethyl adjacent to an activating group) is 1. The zero-order valence-corrected chi connectivity index (χ0v) is 8.59. The molecule has 80 valence electrons. The summed E-state index contributed by atoms with van der Waals surface area (Å²) >= 11 is 0. The first-order valence-electron chi connectivity index (χ1n) is 3.49. The Morgan fingerprint density at radius 2 is 1.69 bits per heavy atom. The van der Waals surface area contributed by atoms with Crippen LogP contribution in [0.1, 0.15) is 0 Å². The molecule has 0 rings (SSSR count). The number of hydrogen-bond donors (Lipinski definition) is 0. The predicted molar refractivity (Wildman–Crippen MR) is 40.8 cm³/mol. The molecule has 0 amide bonds. The van der Waals surface area contributed by atoms with E-state index in [1.54, 1.807) is 0 Å². The Bertz CT molecular complexity index is 187. The van der Waals surface area contributed by atoms with Crippen LogP contribution < -0.4 is 0 Å². The molecule has 0 spiro atoms. The molecule has 0 radical (unpaired) electrons. The first-order chi connectivity index (χ1) is 5.83. The highest BCUT2D eigenvalue weighted by molar-refractivity contribution is 7.48. The minimum absolute atomic E-state index is 0.130. The van der Waals surface area contributed by atoms with Crippen molar-refractivity contribution in [2.75, 3.05) is 34.3 Å². The van der Waals surface area contributed by atoms with Gasteiger partial charge in [0.15, 0.2) is 0 Å². The standard InChI is InChI=1S/C5H13F2NO4P/c1-8(2,3)4-5-10-13(9,11-6)12-7/h4-5H2,1-3H3/q+1. The van der Waals surface area contributed by atoms with Gasteiger partial charge in [-0.05, 0) is 9.05 Å². The van der Waals surface area contributed by atoms with Gasteiger partial charge < -0.3 is 4.48 Å². The van der Waals surface area contributed by atoms with Crippen LogP contribution in [-0.2, 0) is 18.5 Å². The Balaban J connectivity index is 3.82. The predicted octanol–water partition coefficient (Wildman–Crippen LogP) is 1.62. The second kappa shape index (κ2) is 4.97. The molecule has 0 aliphatic carbocycles. The lowest BCUT2D eigenvalue weighted by Crippen LogP contribution is -2.37. The van der Waals surface area contributed by atoms with Crippen LogP contribution in [0, 0.1) is 0 Å². The van der Waals surface area contributed by atoms with Gasteiger partial charge in [0.2, 0.25) is 0 Å². The van der Waals surface area contributed by atoms with Crippen LogP contribution in [0.15, 0.2) is 0 Å². The van der Waals surface area contributed by atoms with Gasteiger partial charge in [0, 0.05) is 0 Å². The summed E-state index contributed by atoms with van der Waals surface area (Å²) in [6.07, 6.45) is 0. The molecule has 0 aliphatic heterocycles. The van der Waals surface area contributed by atoms with E-state index in [1.165, 1.54) is 0 Å². The van der Waals surface area contributed by atoms with E-state index in [-0.39, 0.29) is 6.61 Å². The Morgan fingerprint density at radius 1 is 1.23 bits per heavy atom. The lowest BCUT2D eigenvalue weighted by Gasteiger charge is -2.23. The van der Waals surface area contributed by atoms with Crippen molar-refractivity contribution < 1.29 is 32.1 Å². The summed E-state index contributed by atoms with van der Waals surface area (Å²) in [5.74, 6) is 0. The SMILES string of the molecule is C[N+](C)(C)CCOP(=O)(OF)OF. The second-order valence-corrected chi connectivity index (χ2v) is 4.86. The van der Waals surface area contributed by atoms with Crippen molar-refractivity contribution in [3.63, 3.8) is 0 Å². The van der Waals surface area contributed by atoms with E-state index in [4.69, 9.17) is 0 Å². The van der Waals surface area contributed by atoms with Crippen molar-refractivity contribution in [3.05, 3.63) is 0 Å². The smallest absolute Gasteiger partial charge is 0.329 e. The van der Waals surface area contributed by atoms with Crippen molar-refractivity contribution >= 4 is 7.82 Å². The molecule has 13 heavy (non-hydrogen) atoms. The maximum absolute atomic E-state index is 11.4. The highest BCUT2D eigenvalue weighted by Crippen LogP contribution is 2.49. The van der Waals surface area contributed by atoms with E-state index in [9.17, 15) is 13.6 Å². The molecule has 0 heterocycles. The quantitative estimate of drug-likeness (QED) is 0.504. The van der Waals surface area contributed by atoms with Gasteiger partial charge in [-0.3, -0.25) is 4.52 Å². The fourth-order valence-electron chi connectivity index (χ4n) is 0.477. The van der Waals surface area contributed by atoms with Crippen LogP contribution in [-0.4, -0.2) is 38.8 Å². The molecule has 5 nitrogen and oxygen atoms in total. The topological polar surface area (TPSA) is 44.8 Å². The summed E-state index contributed by atoms with van der Waals surface area (Å²) in [7, 11) is 0.892. The fourth-order valence-corrected chi connectivity index (χ4v) is 0.883. The van der Waals surface area contributed by atoms with Gasteiger partial charge >= 0.3 is 7.82 Å². The molecule has 0 unspecified atom stereocenters. The molecule has 0 aromatic carbocycles. The molecule has 0 fully saturated rings. The highest BCUT2D eigenvalue weighted by Gasteiger charge is 2.30. The molecule has 0 saturated heterocycles. The number of rotatable bonds is 6. The van der Waals surface area contributed by atoms with Crippen molar-refractivity contribution in [2.45, 2.75) is 0 Å². The Labute approximate surface area is 75.2 Å². The zero-order chi connectivity index (χ0) is 10.5. The number of halogens is 2. The molecular formula is C5H13F2NO4P+. The highest BCUT2D eigenvalue weighted by atomic mass is 31.2. The largest absolute Gasteiger partial charge is 0.537 e. The van der Waals surface area contributed by atoms with Crippen LogP contribution in [0.25, 0.3) is 0 Å². The van der Waals surface area contributed by atoms with Gasteiger partial charge in [-0.1, -0.05) is 9.46 Å². The minimum Gasteiger partial charge on any atom is -0.329 e. The molecule has 0 atom stereocenters. The van der Waals surface area contributed by atoms with E-state index in [0.29, 0.717) is 11.0 Å². The van der Waals surface area contributed by atoms with Crippen molar-refractivity contribution in [3.8, 4) is 0 Å². The van der Waals surface area contributed by atoms with Gasteiger partial charge in [0.25, 0.3) is 0 Å². The zero-order valence-electron chi connectivity index (χ0n) is 7.70. The molecule has 0 saturated carbocycles. The lowest BCUT2D eigenvalue weighted by molar-refractivity contribution is -0.870. The summed E-state index contributed by atoms with van der Waals surface area (Å²) in [4.78, 5) is 0. The first-order valence-corrected chi connectivity index (χ1v) is 4.95. The van der Waals surface area contributed by atoms with Gasteiger partial charge in [-0.25, -0.2) is 4.57 Å². The van der Waals surface area contributed by atoms with Crippen LogP contribution in [0.2, 0.25) is 0 Å². The monoisotopic (exact) mass is 220 g/mol. The number of phosphoric acid groups is 1. The lowest BCUT2D eigenvalue weighted by atomic mass is 10.5. The average Bonchev–Trinajstić information content (AvgIpc) is 2.02. The Morgan fingerprint density at radius 3 is 2.00 bits per heavy atom. The molecule has 0 N–H and O–H groups in total. The number of hydrogen-bond acceptors (Lipinski definition) is 4. The maximum Gasteiger partial charge on any atom is 0.537 e. The Kier molecular flexibility index (Phi) is 4.95. The van der Waals surface area contributed by atoms with E-state index in [1.807, 2.05) is 21.1 Å². The Hall–Kier alpha value is -0.0700. The van der Waals surface area contributed by atoms with Gasteiger partial charge in [-0.15, -0.1) is 0 Å². The molecule has 8 heteroatoms. The minimum atomic E-state index is -4.61. The molecule has 0 bridgehead atoms. The van der Waals surface area contributed by atoms with E-state index in [2.05, 4.69) is 14.0 Å². The molecular weight excluding hydrogens is 207 g/mol. The third-order valence-electron chi connectivity index (χ3n) is 1.18. The van der Waals surface area contributed by atoms with E-state index < -0.39 is 7.82 Å². The summed E-state index contributed by atoms with van der Waals surface area (Å²) in [6.45, 7) is 0.283. The first kappa shape index (κ1) is 12.9.